The van der Waals surface area contributed by atoms with Gasteiger partial charge in [-0.3, -0.25) is 14.4 Å². The van der Waals surface area contributed by atoms with Gasteiger partial charge in [-0.25, -0.2) is 29.1 Å². The van der Waals surface area contributed by atoms with Crippen molar-refractivity contribution in [2.24, 2.45) is 28.6 Å². The Morgan fingerprint density at radius 3 is 1.43 bits per heavy atom. The molecular weight excluding hydrogens is 1250 g/mol. The Morgan fingerprint density at radius 1 is 0.687 bits per heavy atom. The largest absolute Gasteiger partial charge is 0.480 e. The Kier molecular flexibility index (Phi) is 40.1. The first-order valence-corrected chi connectivity index (χ1v) is 31.8. The van der Waals surface area contributed by atoms with E-state index in [0.717, 1.165) is 43.8 Å². The first-order chi connectivity index (χ1) is 45.2. The number of carboxylic acid groups (broad SMARTS) is 1. The number of ketones is 1. The Bertz CT molecular complexity index is 3320. The molecule has 6 rings (SSSR count). The van der Waals surface area contributed by atoms with Crippen LogP contribution in [0.1, 0.15) is 133 Å². The average Bonchev–Trinajstić information content (AvgIpc) is 1.76. The number of hydrogen-bond donors (Lipinski definition) is 2. The van der Waals surface area contributed by atoms with E-state index in [1.807, 2.05) is 92.7 Å². The van der Waals surface area contributed by atoms with E-state index in [2.05, 4.69) is 76.9 Å². The fourth-order valence-electron chi connectivity index (χ4n) is 9.87. The molecule has 0 saturated carbocycles. The molecule has 2 aliphatic rings. The average molecular weight is 1350 g/mol. The van der Waals surface area contributed by atoms with Crippen molar-refractivity contribution in [3.05, 3.63) is 110 Å². The highest BCUT2D eigenvalue weighted by atomic mass is 16.6. The maximum absolute atomic E-state index is 14.0. The molecule has 3 amide bonds. The lowest BCUT2D eigenvalue weighted by atomic mass is 8.97. The number of nitrogens with zero attached hydrogens (tertiary/aromatic N) is 4. The number of ether oxygens (including phenoxy) is 7. The van der Waals surface area contributed by atoms with E-state index in [4.69, 9.17) is 61.5 Å². The van der Waals surface area contributed by atoms with Crippen molar-refractivity contribution < 1.29 is 71.8 Å². The summed E-state index contributed by atoms with van der Waals surface area (Å²) in [6.07, 6.45) is 8.03. The van der Waals surface area contributed by atoms with Crippen LogP contribution in [0.2, 0.25) is 0 Å². The summed E-state index contributed by atoms with van der Waals surface area (Å²) >= 11 is 0. The molecule has 0 aliphatic carbocycles. The van der Waals surface area contributed by atoms with Crippen LogP contribution < -0.4 is 14.8 Å². The van der Waals surface area contributed by atoms with Gasteiger partial charge in [0.2, 0.25) is 23.6 Å². The molecule has 13 radical (unpaired) electrons. The number of alkyl carbamates (subject to hydrolysis) is 1. The van der Waals surface area contributed by atoms with Crippen LogP contribution in [0.15, 0.2) is 87.3 Å². The smallest absolute Gasteiger partial charge is 0.408 e. The molecular formula is C70H101B9N5O15. The number of nitrogens with one attached hydrogen (secondary N) is 1. The molecule has 29 heteroatoms. The second kappa shape index (κ2) is 43.3. The van der Waals surface area contributed by atoms with Gasteiger partial charge in [0.25, 0.3) is 0 Å². The summed E-state index contributed by atoms with van der Waals surface area (Å²) < 4.78 is 38.0. The van der Waals surface area contributed by atoms with Crippen molar-refractivity contribution in [2.75, 3.05) is 53.7 Å². The molecule has 0 spiro atoms. The Labute approximate surface area is 599 Å². The minimum absolute atomic E-state index is 0. The zero-order chi connectivity index (χ0) is 73.9. The zero-order valence-corrected chi connectivity index (χ0v) is 59.4. The highest BCUT2D eigenvalue weighted by molar-refractivity contribution is 7.60. The van der Waals surface area contributed by atoms with E-state index < -0.39 is 77.9 Å². The predicted molar refractivity (Wildman–Crippen MR) is 405 cm³/mol. The number of esters is 2. The summed E-state index contributed by atoms with van der Waals surface area (Å²) in [4.78, 5) is 99.7. The quantitative estimate of drug-likeness (QED) is 0.0219. The van der Waals surface area contributed by atoms with Gasteiger partial charge >= 0.3 is 24.0 Å². The van der Waals surface area contributed by atoms with E-state index >= 15 is 0 Å². The number of hydrogen-bond acceptors (Lipinski definition) is 16. The molecule has 2 aromatic heterocycles. The van der Waals surface area contributed by atoms with Gasteiger partial charge in [-0.2, -0.15) is 0 Å². The van der Waals surface area contributed by atoms with E-state index in [-0.39, 0.29) is 95.0 Å². The molecule has 2 aliphatic heterocycles. The van der Waals surface area contributed by atoms with Crippen molar-refractivity contribution in [3.8, 4) is 11.8 Å². The fourth-order valence-corrected chi connectivity index (χ4v) is 9.87. The van der Waals surface area contributed by atoms with Crippen LogP contribution >= 0.6 is 0 Å². The molecule has 2 saturated heterocycles. The number of pyridine rings is 2. The van der Waals surface area contributed by atoms with Gasteiger partial charge in [0.15, 0.2) is 6.04 Å². The van der Waals surface area contributed by atoms with E-state index in [1.165, 1.54) is 32.3 Å². The van der Waals surface area contributed by atoms with Gasteiger partial charge in [-0.1, -0.05) is 120 Å². The molecule has 0 bridgehead atoms. The van der Waals surface area contributed by atoms with E-state index in [1.54, 1.807) is 57.1 Å². The molecule has 523 valence electrons. The second-order valence-corrected chi connectivity index (χ2v) is 26.6. The minimum atomic E-state index is -1.18. The number of amides is 3. The van der Waals surface area contributed by atoms with Gasteiger partial charge < -0.3 is 53.4 Å². The van der Waals surface area contributed by atoms with Crippen LogP contribution in [0.4, 0.5) is 4.79 Å². The van der Waals surface area contributed by atoms with E-state index in [9.17, 15) is 33.6 Å². The lowest BCUT2D eigenvalue weighted by Gasteiger charge is -2.34. The normalized spacial score (nSPS) is 16.5. The highest BCUT2D eigenvalue weighted by Crippen LogP contribution is 2.37. The Hall–Kier alpha value is -7.39. The maximum atomic E-state index is 14.0. The number of rotatable bonds is 24. The van der Waals surface area contributed by atoms with Crippen LogP contribution in [-0.4, -0.2) is 222 Å². The topological polar surface area (TPSA) is 249 Å². The molecule has 20 nitrogen and oxygen atoms in total. The van der Waals surface area contributed by atoms with Crippen LogP contribution in [0.3, 0.4) is 0 Å². The van der Waals surface area contributed by atoms with Gasteiger partial charge in [-0.05, 0) is 103 Å². The number of carboxylic acids is 1. The summed E-state index contributed by atoms with van der Waals surface area (Å²) in [5.41, 5.74) is 2.79. The van der Waals surface area contributed by atoms with Crippen molar-refractivity contribution in [3.63, 3.8) is 0 Å². The second-order valence-electron chi connectivity index (χ2n) is 26.6. The summed E-state index contributed by atoms with van der Waals surface area (Å²) in [5.74, 6) is -2.84. The summed E-state index contributed by atoms with van der Waals surface area (Å²) in [6.45, 7) is 40.7. The zero-order valence-electron chi connectivity index (χ0n) is 59.4. The first kappa shape index (κ1) is 91.6. The summed E-state index contributed by atoms with van der Waals surface area (Å²) in [7, 11) is 32.4. The number of aromatic nitrogens is 2. The Morgan fingerprint density at radius 2 is 1.09 bits per heavy atom. The van der Waals surface area contributed by atoms with Crippen LogP contribution in [0.5, 0.6) is 11.8 Å². The number of carbonyl (C=O) groups excluding carboxylic acids is 6. The maximum Gasteiger partial charge on any atom is 0.408 e. The molecule has 2 fully saturated rings. The molecule has 2 aromatic carbocycles. The number of methoxy groups -OCH3 is 2. The number of benzene rings is 2. The summed E-state index contributed by atoms with van der Waals surface area (Å²) in [5, 5.41) is 14.8. The molecule has 2 N–H and O–H groups in total. The van der Waals surface area contributed by atoms with E-state index in [0.29, 0.717) is 31.3 Å². The highest BCUT2D eigenvalue weighted by Gasteiger charge is 2.47. The fraction of sp³-hybridized carbons (Fsp3) is 0.529. The number of aliphatic carboxylic acids is 1. The van der Waals surface area contributed by atoms with Crippen molar-refractivity contribution >= 4 is 142 Å². The third-order valence-electron chi connectivity index (χ3n) is 15.6. The molecule has 0 unspecified atom stereocenters. The monoisotopic (exact) mass is 1350 g/mol. The predicted octanol–water partition coefficient (Wildman–Crippen LogP) is 8.57. The standard InChI is InChI=1S/C32H42N2O6.C25H32N2O4.C11H19NO5.2CH4.B5.B4/c1-9-13-39-19-21(4)28(35)17-26(32(5,6)7)30(36)34-18-24(16-27(34)31(37)38-8)40-29-25-15-22(10-2)20(3)14-23(25)11-12-33-29;1-8-17-12-20-18(11-15(17)2)9-10-26-22(20)31-19-13-21(24(29)30-7)27(14-19)23(28)16(3)25(4,5)6;1-5-6-16-7-8(9(13)14)12-10(15)17-11(2,3)4;;;1-4-5(2)3;1-4(2)3/h9-12,14-15,21,24,26-27H,1-2,13,16-19H2,3-8H3;8-12,16,19,21H,1,13-14H2,2-7H3;5,8H,1,6-7H2,2-4H3,(H,12,15)(H,13,14);2*1H4;;/t21-,24+,26+,27-;16-,19-,21+;8-;;;;/m010..../s1. The third kappa shape index (κ3) is 30.2. The lowest BCUT2D eigenvalue weighted by molar-refractivity contribution is -0.154. The molecule has 4 heterocycles. The van der Waals surface area contributed by atoms with Gasteiger partial charge in [0.05, 0.1) is 53.7 Å². The van der Waals surface area contributed by atoms with Crippen molar-refractivity contribution in [1.29, 1.82) is 0 Å². The number of fused-ring (bicyclic) bond motifs is 2. The number of aryl methyl sites for hydroxylation is 2. The molecule has 8 atom stereocenters. The number of Topliss-reactive ketones (excluding diaryl/α,β-unsaturated/α-hetero) is 1. The Balaban J connectivity index is 0.00000144. The summed E-state index contributed by atoms with van der Waals surface area (Å²) in [6, 6.07) is 9.36. The van der Waals surface area contributed by atoms with Crippen LogP contribution in [0.25, 0.3) is 33.7 Å². The molecule has 4 aromatic rings. The van der Waals surface area contributed by atoms with Crippen LogP contribution in [0, 0.1) is 42.4 Å². The van der Waals surface area contributed by atoms with Gasteiger partial charge in [0, 0.05) is 126 Å². The number of likely N-dealkylation sites (tertiary alicyclic amines) is 2. The van der Waals surface area contributed by atoms with Crippen LogP contribution in [-0.2, 0) is 52.5 Å². The molecule has 99 heavy (non-hydrogen) atoms. The lowest BCUT2D eigenvalue weighted by Crippen LogP contribution is -2.48. The van der Waals surface area contributed by atoms with Gasteiger partial charge in [-0.15, -0.1) is 13.2 Å². The van der Waals surface area contributed by atoms with Crippen molar-refractivity contribution in [2.45, 2.75) is 160 Å². The van der Waals surface area contributed by atoms with Gasteiger partial charge in [0.1, 0.15) is 35.7 Å². The number of carbonyl (C=O) groups is 7. The SMILES string of the molecule is C.C.C=CCOC[C@H](C)C(=O)C[C@H](C(=O)N1C[C@H](Oc2nccc3cc(C)c(C=C)cc23)C[C@H]1C(=O)OC)C(C)(C)C.C=CCOC[C@H](NC(=O)OC(C)(C)C)C(=O)O.C=Cc1cc2c(O[C@@H]3C[C@@H](C(=O)OC)N(C(=O)[C@@H](C)C(C)(C)C)C3)nccc2cc1C.[B]B([B])[B].[B][B]B([B])[B]. The van der Waals surface area contributed by atoms with Crippen molar-refractivity contribution in [1.82, 2.24) is 25.1 Å². The first-order valence-electron chi connectivity index (χ1n) is 31.8. The third-order valence-corrected chi connectivity index (χ3v) is 15.6. The minimum Gasteiger partial charge on any atom is -0.480 e.